The van der Waals surface area contributed by atoms with Gasteiger partial charge in [0.05, 0.1) is 24.2 Å². The molecular weight excluding hydrogens is 312 g/mol. The summed E-state index contributed by atoms with van der Waals surface area (Å²) in [5, 5.41) is 0. The number of imidazole rings is 1. The monoisotopic (exact) mass is 342 g/mol. The van der Waals surface area contributed by atoms with E-state index in [1.807, 2.05) is 0 Å². The molecule has 2 aromatic rings. The number of morpholine rings is 1. The number of hydrogen-bond donors (Lipinski definition) is 1. The lowest BCUT2D eigenvalue weighted by Gasteiger charge is -2.48. The first-order chi connectivity index (χ1) is 12.2. The largest absolute Gasteiger partial charge is 0.378 e. The van der Waals surface area contributed by atoms with E-state index in [4.69, 9.17) is 9.72 Å². The first kappa shape index (κ1) is 17.0. The number of ether oxygens (including phenoxy) is 1. The zero-order chi connectivity index (χ0) is 17.2. The highest BCUT2D eigenvalue weighted by atomic mass is 16.5. The van der Waals surface area contributed by atoms with Crippen molar-refractivity contribution in [2.45, 2.75) is 45.2 Å². The minimum Gasteiger partial charge on any atom is -0.378 e. The van der Waals surface area contributed by atoms with Gasteiger partial charge in [0.15, 0.2) is 0 Å². The molecule has 0 saturated carbocycles. The van der Waals surface area contributed by atoms with Gasteiger partial charge in [-0.2, -0.15) is 0 Å². The molecule has 1 aromatic heterocycles. The average molecular weight is 342 g/mol. The van der Waals surface area contributed by atoms with Gasteiger partial charge in [-0.15, -0.1) is 0 Å². The standard InChI is InChI=1S/C20H30N4O/c1-3-4-16-13-25-14-17-12-23(9-10-24(16)17)8-7-20-21-18-6-5-15(2)11-19(18)22-20/h5-6,11,16-17H,3-4,7-10,12-14H2,1-2H3,(H,21,22)/t16-,17+/m0/s1. The van der Waals surface area contributed by atoms with Crippen molar-refractivity contribution in [3.8, 4) is 0 Å². The third-order valence-electron chi connectivity index (χ3n) is 5.68. The molecule has 1 N–H and O–H groups in total. The summed E-state index contributed by atoms with van der Waals surface area (Å²) in [5.41, 5.74) is 3.51. The van der Waals surface area contributed by atoms with Crippen LogP contribution in [0.1, 0.15) is 31.2 Å². The van der Waals surface area contributed by atoms with Crippen LogP contribution in [0.5, 0.6) is 0 Å². The molecule has 2 saturated heterocycles. The van der Waals surface area contributed by atoms with E-state index in [2.05, 4.69) is 46.8 Å². The Morgan fingerprint density at radius 2 is 2.20 bits per heavy atom. The van der Waals surface area contributed by atoms with Gasteiger partial charge in [-0.1, -0.05) is 19.4 Å². The molecule has 25 heavy (non-hydrogen) atoms. The maximum Gasteiger partial charge on any atom is 0.108 e. The highest BCUT2D eigenvalue weighted by Gasteiger charge is 2.34. The Kier molecular flexibility index (Phi) is 5.06. The van der Waals surface area contributed by atoms with Crippen LogP contribution in [-0.2, 0) is 11.2 Å². The van der Waals surface area contributed by atoms with E-state index in [0.29, 0.717) is 12.1 Å². The molecule has 2 atom stereocenters. The number of hydrogen-bond acceptors (Lipinski definition) is 4. The summed E-state index contributed by atoms with van der Waals surface area (Å²) in [6.45, 7) is 10.7. The number of aromatic amines is 1. The number of nitrogens with zero attached hydrogens (tertiary/aromatic N) is 3. The lowest BCUT2D eigenvalue weighted by Crippen LogP contribution is -2.61. The van der Waals surface area contributed by atoms with Gasteiger partial charge < -0.3 is 9.72 Å². The fourth-order valence-electron chi connectivity index (χ4n) is 4.34. The Hall–Kier alpha value is -1.43. The molecule has 3 heterocycles. The van der Waals surface area contributed by atoms with Gasteiger partial charge in [0.2, 0.25) is 0 Å². The van der Waals surface area contributed by atoms with E-state index in [-0.39, 0.29) is 0 Å². The number of H-pyrrole nitrogens is 1. The second-order valence-electron chi connectivity index (χ2n) is 7.63. The Morgan fingerprint density at radius 1 is 1.28 bits per heavy atom. The molecule has 4 rings (SSSR count). The Balaban J connectivity index is 1.34. The van der Waals surface area contributed by atoms with Crippen LogP contribution in [0.3, 0.4) is 0 Å². The zero-order valence-corrected chi connectivity index (χ0v) is 15.5. The van der Waals surface area contributed by atoms with Crippen molar-refractivity contribution in [1.29, 1.82) is 0 Å². The van der Waals surface area contributed by atoms with E-state index in [9.17, 15) is 0 Å². The van der Waals surface area contributed by atoms with Gasteiger partial charge >= 0.3 is 0 Å². The Morgan fingerprint density at radius 3 is 3.08 bits per heavy atom. The van der Waals surface area contributed by atoms with Gasteiger partial charge in [0.25, 0.3) is 0 Å². The second kappa shape index (κ2) is 7.44. The van der Waals surface area contributed by atoms with Crippen molar-refractivity contribution in [2.75, 3.05) is 39.4 Å². The molecule has 0 aliphatic carbocycles. The van der Waals surface area contributed by atoms with Crippen LogP contribution in [0.25, 0.3) is 11.0 Å². The summed E-state index contributed by atoms with van der Waals surface area (Å²) in [7, 11) is 0. The van der Waals surface area contributed by atoms with Gasteiger partial charge in [0, 0.05) is 44.7 Å². The number of aryl methyl sites for hydroxylation is 1. The molecule has 5 nitrogen and oxygen atoms in total. The molecule has 0 spiro atoms. The third-order valence-corrected chi connectivity index (χ3v) is 5.68. The summed E-state index contributed by atoms with van der Waals surface area (Å²) >= 11 is 0. The van der Waals surface area contributed by atoms with Crippen LogP contribution in [-0.4, -0.2) is 71.2 Å². The molecule has 5 heteroatoms. The zero-order valence-electron chi connectivity index (χ0n) is 15.5. The number of aromatic nitrogens is 2. The van der Waals surface area contributed by atoms with Crippen molar-refractivity contribution in [3.63, 3.8) is 0 Å². The minimum absolute atomic E-state index is 0.567. The van der Waals surface area contributed by atoms with E-state index in [1.165, 1.54) is 24.9 Å². The van der Waals surface area contributed by atoms with Gasteiger partial charge in [-0.25, -0.2) is 4.98 Å². The summed E-state index contributed by atoms with van der Waals surface area (Å²) < 4.78 is 5.88. The highest BCUT2D eigenvalue weighted by Crippen LogP contribution is 2.22. The van der Waals surface area contributed by atoms with Gasteiger partial charge in [0.1, 0.15) is 5.82 Å². The summed E-state index contributed by atoms with van der Waals surface area (Å²) in [5.74, 6) is 1.10. The summed E-state index contributed by atoms with van der Waals surface area (Å²) in [6.07, 6.45) is 3.49. The predicted octanol–water partition coefficient (Wildman–Crippen LogP) is 2.60. The van der Waals surface area contributed by atoms with E-state index in [1.54, 1.807) is 0 Å². The van der Waals surface area contributed by atoms with Crippen LogP contribution in [0, 0.1) is 6.92 Å². The fraction of sp³-hybridized carbons (Fsp3) is 0.650. The number of fused-ring (bicyclic) bond motifs is 2. The molecule has 2 aliphatic heterocycles. The number of nitrogens with one attached hydrogen (secondary N) is 1. The quantitative estimate of drug-likeness (QED) is 0.907. The normalized spacial score (nSPS) is 25.4. The maximum absolute atomic E-state index is 5.88. The van der Waals surface area contributed by atoms with E-state index < -0.39 is 0 Å². The maximum atomic E-state index is 5.88. The van der Waals surface area contributed by atoms with Crippen molar-refractivity contribution in [3.05, 3.63) is 29.6 Å². The molecular formula is C20H30N4O. The first-order valence-electron chi connectivity index (χ1n) is 9.74. The van der Waals surface area contributed by atoms with Crippen LogP contribution in [0.15, 0.2) is 18.2 Å². The van der Waals surface area contributed by atoms with Crippen LogP contribution < -0.4 is 0 Å². The van der Waals surface area contributed by atoms with E-state index in [0.717, 1.165) is 56.1 Å². The number of piperazine rings is 1. The minimum atomic E-state index is 0.567. The first-order valence-corrected chi connectivity index (χ1v) is 9.74. The molecule has 2 fully saturated rings. The number of benzene rings is 1. The predicted molar refractivity (Wildman–Crippen MR) is 101 cm³/mol. The Labute approximate surface area is 150 Å². The fourth-order valence-corrected chi connectivity index (χ4v) is 4.34. The SMILES string of the molecule is CCC[C@H]1COC[C@H]2CN(CCc3nc4ccc(C)cc4[nH]3)CCN12. The lowest BCUT2D eigenvalue weighted by atomic mass is 10.0. The lowest BCUT2D eigenvalue weighted by molar-refractivity contribution is -0.0826. The highest BCUT2D eigenvalue weighted by molar-refractivity contribution is 5.75. The van der Waals surface area contributed by atoms with Crippen molar-refractivity contribution < 1.29 is 4.74 Å². The van der Waals surface area contributed by atoms with Gasteiger partial charge in [-0.05, 0) is 31.0 Å². The van der Waals surface area contributed by atoms with Crippen molar-refractivity contribution in [1.82, 2.24) is 19.8 Å². The van der Waals surface area contributed by atoms with Crippen LogP contribution in [0.4, 0.5) is 0 Å². The van der Waals surface area contributed by atoms with E-state index >= 15 is 0 Å². The number of rotatable bonds is 5. The van der Waals surface area contributed by atoms with Crippen molar-refractivity contribution in [2.24, 2.45) is 0 Å². The van der Waals surface area contributed by atoms with Crippen molar-refractivity contribution >= 4 is 11.0 Å². The molecule has 0 unspecified atom stereocenters. The molecule has 2 aliphatic rings. The topological polar surface area (TPSA) is 44.4 Å². The molecule has 1 aromatic carbocycles. The summed E-state index contributed by atoms with van der Waals surface area (Å²) in [6, 6.07) is 7.61. The molecule has 0 radical (unpaired) electrons. The van der Waals surface area contributed by atoms with Gasteiger partial charge in [-0.3, -0.25) is 9.80 Å². The third kappa shape index (κ3) is 3.73. The van der Waals surface area contributed by atoms with Crippen LogP contribution in [0.2, 0.25) is 0 Å². The summed E-state index contributed by atoms with van der Waals surface area (Å²) in [4.78, 5) is 13.5. The molecule has 136 valence electrons. The Bertz CT molecular complexity index is 711. The second-order valence-corrected chi connectivity index (χ2v) is 7.63. The smallest absolute Gasteiger partial charge is 0.108 e. The molecule has 0 amide bonds. The molecule has 0 bridgehead atoms. The van der Waals surface area contributed by atoms with Crippen LogP contribution >= 0.6 is 0 Å². The average Bonchev–Trinajstić information content (AvgIpc) is 3.02.